The van der Waals surface area contributed by atoms with Gasteiger partial charge in [-0.3, -0.25) is 5.41 Å². The molecule has 7 heteroatoms. The number of nitrogen functional groups attached to an aromatic ring is 1. The number of halogens is 2. The Balaban J connectivity index is 0.00000180. The van der Waals surface area contributed by atoms with Crippen molar-refractivity contribution in [2.24, 2.45) is 5.73 Å². The van der Waals surface area contributed by atoms with E-state index in [1.54, 1.807) is 11.0 Å². The lowest BCUT2D eigenvalue weighted by Gasteiger charge is -2.26. The van der Waals surface area contributed by atoms with Crippen LogP contribution >= 0.6 is 12.4 Å². The van der Waals surface area contributed by atoms with Crippen LogP contribution in [0.1, 0.15) is 18.4 Å². The normalized spacial score (nSPS) is 17.9. The van der Waals surface area contributed by atoms with E-state index in [-0.39, 0.29) is 23.8 Å². The van der Waals surface area contributed by atoms with Gasteiger partial charge in [0.05, 0.1) is 11.3 Å². The van der Waals surface area contributed by atoms with Crippen LogP contribution in [0.2, 0.25) is 0 Å². The van der Waals surface area contributed by atoms with Crippen LogP contribution < -0.4 is 10.6 Å². The minimum Gasteiger partial charge on any atom is -0.480 e. The van der Waals surface area contributed by atoms with E-state index in [2.05, 4.69) is 0 Å². The summed E-state index contributed by atoms with van der Waals surface area (Å²) in [6.45, 7) is 0.528. The molecule has 1 saturated heterocycles. The van der Waals surface area contributed by atoms with Crippen molar-refractivity contribution in [3.63, 3.8) is 0 Å². The monoisotopic (exact) mass is 287 g/mol. The number of amidine groups is 1. The van der Waals surface area contributed by atoms with Gasteiger partial charge in [0.15, 0.2) is 0 Å². The Morgan fingerprint density at radius 1 is 1.53 bits per heavy atom. The van der Waals surface area contributed by atoms with E-state index >= 15 is 0 Å². The summed E-state index contributed by atoms with van der Waals surface area (Å²) >= 11 is 0. The molecule has 1 atom stereocenters. The Labute approximate surface area is 116 Å². The van der Waals surface area contributed by atoms with Crippen molar-refractivity contribution >= 4 is 29.9 Å². The fraction of sp³-hybridized carbons (Fsp3) is 0.333. The van der Waals surface area contributed by atoms with Crippen LogP contribution in [0.15, 0.2) is 18.2 Å². The fourth-order valence-electron chi connectivity index (χ4n) is 2.33. The number of benzene rings is 1. The molecule has 104 valence electrons. The number of carbonyl (C=O) groups is 1. The Kier molecular flexibility index (Phi) is 4.72. The summed E-state index contributed by atoms with van der Waals surface area (Å²) < 4.78 is 13.7. The molecule has 0 aromatic heterocycles. The number of hydrogen-bond acceptors (Lipinski definition) is 3. The van der Waals surface area contributed by atoms with Crippen molar-refractivity contribution in [1.29, 1.82) is 5.41 Å². The van der Waals surface area contributed by atoms with Gasteiger partial charge in [0.2, 0.25) is 0 Å². The summed E-state index contributed by atoms with van der Waals surface area (Å²) in [6, 6.07) is 3.63. The number of anilines is 1. The van der Waals surface area contributed by atoms with E-state index in [4.69, 9.17) is 16.2 Å². The molecular weight excluding hydrogens is 273 g/mol. The maximum Gasteiger partial charge on any atom is 0.326 e. The zero-order valence-electron chi connectivity index (χ0n) is 10.1. The number of rotatable bonds is 3. The van der Waals surface area contributed by atoms with Crippen molar-refractivity contribution in [3.05, 3.63) is 29.6 Å². The van der Waals surface area contributed by atoms with Gasteiger partial charge < -0.3 is 15.7 Å². The van der Waals surface area contributed by atoms with E-state index in [1.807, 2.05) is 0 Å². The average Bonchev–Trinajstić information content (AvgIpc) is 2.76. The van der Waals surface area contributed by atoms with Gasteiger partial charge in [0.1, 0.15) is 17.7 Å². The van der Waals surface area contributed by atoms with E-state index in [9.17, 15) is 9.18 Å². The average molecular weight is 288 g/mol. The Morgan fingerprint density at radius 2 is 2.21 bits per heavy atom. The lowest BCUT2D eigenvalue weighted by Crippen LogP contribution is -2.37. The summed E-state index contributed by atoms with van der Waals surface area (Å²) in [7, 11) is 0. The number of nitrogens with one attached hydrogen (secondary N) is 1. The first kappa shape index (κ1) is 15.2. The van der Waals surface area contributed by atoms with Gasteiger partial charge in [-0.15, -0.1) is 12.4 Å². The maximum absolute atomic E-state index is 13.7. The lowest BCUT2D eigenvalue weighted by molar-refractivity contribution is -0.138. The molecule has 1 aliphatic rings. The zero-order chi connectivity index (χ0) is 13.3. The molecule has 0 radical (unpaired) electrons. The molecule has 0 saturated carbocycles. The molecule has 0 aliphatic carbocycles. The standard InChI is InChI=1S/C12H14FN3O2.ClH/c13-7-3-1-4-8(10(7)11(14)15)16-6-2-5-9(16)12(17)18;/h1,3-4,9H,2,5-6H2,(H3,14,15)(H,17,18);1H. The smallest absolute Gasteiger partial charge is 0.326 e. The first-order valence-corrected chi connectivity index (χ1v) is 5.64. The second-order valence-electron chi connectivity index (χ2n) is 4.24. The highest BCUT2D eigenvalue weighted by molar-refractivity contribution is 6.01. The molecule has 4 N–H and O–H groups in total. The second-order valence-corrected chi connectivity index (χ2v) is 4.24. The predicted molar refractivity (Wildman–Crippen MR) is 72.7 cm³/mol. The van der Waals surface area contributed by atoms with Gasteiger partial charge in [-0.25, -0.2) is 9.18 Å². The molecule has 2 rings (SSSR count). The van der Waals surface area contributed by atoms with Gasteiger partial charge in [0, 0.05) is 6.54 Å². The van der Waals surface area contributed by atoms with E-state index in [1.165, 1.54) is 12.1 Å². The topological polar surface area (TPSA) is 90.4 Å². The van der Waals surface area contributed by atoms with E-state index in [0.29, 0.717) is 18.7 Å². The highest BCUT2D eigenvalue weighted by atomic mass is 35.5. The number of carboxylic acid groups (broad SMARTS) is 1. The number of nitrogens with two attached hydrogens (primary N) is 1. The third-order valence-corrected chi connectivity index (χ3v) is 3.11. The summed E-state index contributed by atoms with van der Waals surface area (Å²) in [6.07, 6.45) is 1.24. The Morgan fingerprint density at radius 3 is 2.79 bits per heavy atom. The highest BCUT2D eigenvalue weighted by Crippen LogP contribution is 2.30. The second kappa shape index (κ2) is 5.88. The molecule has 1 unspecified atom stereocenters. The van der Waals surface area contributed by atoms with Crippen LogP contribution in [0.25, 0.3) is 0 Å². The van der Waals surface area contributed by atoms with Crippen molar-refractivity contribution in [2.45, 2.75) is 18.9 Å². The van der Waals surface area contributed by atoms with Crippen molar-refractivity contribution in [2.75, 3.05) is 11.4 Å². The highest BCUT2D eigenvalue weighted by Gasteiger charge is 2.32. The molecule has 1 aliphatic heterocycles. The summed E-state index contributed by atoms with van der Waals surface area (Å²) in [5.74, 6) is -1.93. The van der Waals surface area contributed by atoms with Gasteiger partial charge >= 0.3 is 5.97 Å². The molecule has 19 heavy (non-hydrogen) atoms. The third kappa shape index (κ3) is 2.78. The van der Waals surface area contributed by atoms with Crippen LogP contribution in [0.3, 0.4) is 0 Å². The van der Waals surface area contributed by atoms with Crippen molar-refractivity contribution in [1.82, 2.24) is 0 Å². The molecule has 0 bridgehead atoms. The van der Waals surface area contributed by atoms with Gasteiger partial charge in [-0.05, 0) is 25.0 Å². The summed E-state index contributed by atoms with van der Waals surface area (Å²) in [5.41, 5.74) is 5.73. The van der Waals surface area contributed by atoms with Crippen molar-refractivity contribution < 1.29 is 14.3 Å². The zero-order valence-corrected chi connectivity index (χ0v) is 10.9. The quantitative estimate of drug-likeness (QED) is 0.581. The molecular formula is C12H15ClFN3O2. The molecule has 1 aromatic rings. The van der Waals surface area contributed by atoms with E-state index in [0.717, 1.165) is 6.42 Å². The SMILES string of the molecule is Cl.N=C(N)c1c(F)cccc1N1CCCC1C(=O)O. The van der Waals surface area contributed by atoms with Crippen LogP contribution in [0, 0.1) is 11.2 Å². The molecule has 1 fully saturated rings. The number of aliphatic carboxylic acids is 1. The van der Waals surface area contributed by atoms with E-state index < -0.39 is 17.8 Å². The van der Waals surface area contributed by atoms with Crippen LogP contribution in [-0.2, 0) is 4.79 Å². The molecule has 1 aromatic carbocycles. The van der Waals surface area contributed by atoms with Crippen LogP contribution in [-0.4, -0.2) is 29.5 Å². The molecule has 0 amide bonds. The van der Waals surface area contributed by atoms with Gasteiger partial charge in [-0.1, -0.05) is 6.07 Å². The largest absolute Gasteiger partial charge is 0.480 e. The lowest BCUT2D eigenvalue weighted by atomic mass is 10.1. The van der Waals surface area contributed by atoms with Gasteiger partial charge in [0.25, 0.3) is 0 Å². The minimum absolute atomic E-state index is 0. The predicted octanol–water partition coefficient (Wildman–Crippen LogP) is 1.58. The molecule has 0 spiro atoms. The summed E-state index contributed by atoms with van der Waals surface area (Å²) in [4.78, 5) is 12.7. The number of carboxylic acids is 1. The number of nitrogens with zero attached hydrogens (tertiary/aromatic N) is 1. The van der Waals surface area contributed by atoms with Crippen LogP contribution in [0.4, 0.5) is 10.1 Å². The first-order chi connectivity index (χ1) is 8.52. The maximum atomic E-state index is 13.7. The summed E-state index contributed by atoms with van der Waals surface area (Å²) in [5, 5.41) is 16.5. The molecule has 1 heterocycles. The third-order valence-electron chi connectivity index (χ3n) is 3.11. The first-order valence-electron chi connectivity index (χ1n) is 5.64. The fourth-order valence-corrected chi connectivity index (χ4v) is 2.33. The van der Waals surface area contributed by atoms with Gasteiger partial charge in [-0.2, -0.15) is 0 Å². The minimum atomic E-state index is -0.939. The molecule has 5 nitrogen and oxygen atoms in total. The Hall–Kier alpha value is -1.82. The van der Waals surface area contributed by atoms with Crippen molar-refractivity contribution in [3.8, 4) is 0 Å². The van der Waals surface area contributed by atoms with Crippen LogP contribution in [0.5, 0.6) is 0 Å². The Bertz CT molecular complexity index is 510. The number of hydrogen-bond donors (Lipinski definition) is 3.